The summed E-state index contributed by atoms with van der Waals surface area (Å²) >= 11 is 0. The van der Waals surface area contributed by atoms with E-state index >= 15 is 0 Å². The molecule has 0 radical (unpaired) electrons. The van der Waals surface area contributed by atoms with Crippen molar-refractivity contribution in [1.29, 1.82) is 0 Å². The molecule has 2 atom stereocenters. The van der Waals surface area contributed by atoms with Crippen LogP contribution in [0.15, 0.2) is 22.8 Å². The largest absolute Gasteiger partial charge is 0.481 e. The molecule has 1 aliphatic heterocycles. The van der Waals surface area contributed by atoms with E-state index in [0.717, 1.165) is 35.8 Å². The number of aliphatic carboxylic acids is 1. The Balaban J connectivity index is 1.52. The molecular weight excluding hydrogens is 322 g/mol. The number of ether oxygens (including phenoxy) is 1. The third-order valence-corrected chi connectivity index (χ3v) is 5.50. The van der Waals surface area contributed by atoms with Crippen LogP contribution >= 0.6 is 0 Å². The minimum Gasteiger partial charge on any atom is -0.481 e. The molecule has 6 heteroatoms. The summed E-state index contributed by atoms with van der Waals surface area (Å²) in [4.78, 5) is 23.9. The maximum absolute atomic E-state index is 12.5. The van der Waals surface area contributed by atoms with E-state index in [9.17, 15) is 14.7 Å². The molecule has 2 aliphatic rings. The van der Waals surface area contributed by atoms with Crippen LogP contribution in [-0.2, 0) is 33.6 Å². The first-order valence-electron chi connectivity index (χ1n) is 8.60. The maximum Gasteiger partial charge on any atom is 0.313 e. The van der Waals surface area contributed by atoms with Gasteiger partial charge in [0, 0.05) is 10.9 Å². The van der Waals surface area contributed by atoms with E-state index < -0.39 is 17.4 Å². The number of amides is 1. The van der Waals surface area contributed by atoms with Gasteiger partial charge in [-0.25, -0.2) is 0 Å². The third kappa shape index (κ3) is 2.70. The van der Waals surface area contributed by atoms with Gasteiger partial charge in [-0.1, -0.05) is 0 Å². The van der Waals surface area contributed by atoms with Gasteiger partial charge >= 0.3 is 5.97 Å². The summed E-state index contributed by atoms with van der Waals surface area (Å²) < 4.78 is 10.9. The number of carbonyl (C=O) groups is 2. The fourth-order valence-corrected chi connectivity index (χ4v) is 3.79. The molecule has 2 aromatic rings. The lowest BCUT2D eigenvalue weighted by Crippen LogP contribution is -2.50. The first-order valence-corrected chi connectivity index (χ1v) is 8.60. The van der Waals surface area contributed by atoms with Gasteiger partial charge in [-0.3, -0.25) is 9.59 Å². The highest BCUT2D eigenvalue weighted by Crippen LogP contribution is 2.31. The van der Waals surface area contributed by atoms with Crippen molar-refractivity contribution in [3.63, 3.8) is 0 Å². The Kier molecular flexibility index (Phi) is 3.80. The topological polar surface area (TPSA) is 88.8 Å². The standard InChI is InChI=1S/C19H21NO5/c1-19(18(22)23)10-24-9-16(19)20-17(21)7-13-8-25-15-6-12-4-2-3-11(12)5-14(13)15/h5-6,8,16H,2-4,7,9-10H2,1H3,(H,20,21)(H,22,23). The number of hydrogen-bond donors (Lipinski definition) is 2. The average Bonchev–Trinajstić information content (AvgIpc) is 3.26. The average molecular weight is 343 g/mol. The normalized spacial score (nSPS) is 25.2. The first-order chi connectivity index (χ1) is 12.0. The second-order valence-corrected chi connectivity index (χ2v) is 7.27. The van der Waals surface area contributed by atoms with E-state index in [1.165, 1.54) is 11.1 Å². The molecule has 25 heavy (non-hydrogen) atoms. The molecule has 1 aromatic carbocycles. The number of fused-ring (bicyclic) bond motifs is 2. The maximum atomic E-state index is 12.5. The summed E-state index contributed by atoms with van der Waals surface area (Å²) in [5.74, 6) is -1.18. The Bertz CT molecular complexity index is 855. The van der Waals surface area contributed by atoms with Crippen molar-refractivity contribution in [3.05, 3.63) is 35.1 Å². The summed E-state index contributed by atoms with van der Waals surface area (Å²) in [6.45, 7) is 1.92. The van der Waals surface area contributed by atoms with E-state index in [4.69, 9.17) is 9.15 Å². The van der Waals surface area contributed by atoms with Crippen LogP contribution in [0.2, 0.25) is 0 Å². The molecule has 1 saturated heterocycles. The van der Waals surface area contributed by atoms with Gasteiger partial charge in [0.05, 0.1) is 31.9 Å². The van der Waals surface area contributed by atoms with Gasteiger partial charge in [0.15, 0.2) is 0 Å². The van der Waals surface area contributed by atoms with Gasteiger partial charge in [0.2, 0.25) is 5.91 Å². The van der Waals surface area contributed by atoms with Gasteiger partial charge in [-0.15, -0.1) is 0 Å². The summed E-state index contributed by atoms with van der Waals surface area (Å²) in [6, 6.07) is 3.68. The number of furan rings is 1. The lowest BCUT2D eigenvalue weighted by molar-refractivity contribution is -0.149. The van der Waals surface area contributed by atoms with Crippen LogP contribution in [-0.4, -0.2) is 36.2 Å². The Morgan fingerprint density at radius 1 is 1.32 bits per heavy atom. The molecule has 132 valence electrons. The quantitative estimate of drug-likeness (QED) is 0.887. The zero-order chi connectivity index (χ0) is 17.6. The predicted octanol–water partition coefficient (Wildman–Crippen LogP) is 2.07. The predicted molar refractivity (Wildman–Crippen MR) is 90.4 cm³/mol. The van der Waals surface area contributed by atoms with Crippen molar-refractivity contribution >= 4 is 22.8 Å². The number of carboxylic acids is 1. The summed E-state index contributed by atoms with van der Waals surface area (Å²) in [7, 11) is 0. The van der Waals surface area contributed by atoms with Gasteiger partial charge < -0.3 is 19.6 Å². The van der Waals surface area contributed by atoms with Crippen LogP contribution in [0.4, 0.5) is 0 Å². The highest BCUT2D eigenvalue weighted by atomic mass is 16.5. The zero-order valence-corrected chi connectivity index (χ0v) is 14.1. The molecule has 4 rings (SSSR count). The molecule has 2 N–H and O–H groups in total. The molecule has 1 aliphatic carbocycles. The number of carboxylic acid groups (broad SMARTS) is 1. The van der Waals surface area contributed by atoms with Crippen molar-refractivity contribution < 1.29 is 23.8 Å². The Morgan fingerprint density at radius 2 is 2.08 bits per heavy atom. The number of benzene rings is 1. The van der Waals surface area contributed by atoms with E-state index in [-0.39, 0.29) is 25.5 Å². The van der Waals surface area contributed by atoms with Gasteiger partial charge in [-0.05, 0) is 49.4 Å². The lowest BCUT2D eigenvalue weighted by atomic mass is 9.85. The van der Waals surface area contributed by atoms with Gasteiger partial charge in [0.25, 0.3) is 0 Å². The number of aryl methyl sites for hydroxylation is 2. The SMILES string of the molecule is CC1(C(=O)O)COCC1NC(=O)Cc1coc2cc3c(cc12)CCC3. The van der Waals surface area contributed by atoms with Crippen LogP contribution in [0, 0.1) is 5.41 Å². The Hall–Kier alpha value is -2.34. The Labute approximate surface area is 145 Å². The number of rotatable bonds is 4. The molecular formula is C19H21NO5. The van der Waals surface area contributed by atoms with Crippen molar-refractivity contribution in [1.82, 2.24) is 5.32 Å². The molecule has 6 nitrogen and oxygen atoms in total. The van der Waals surface area contributed by atoms with Crippen LogP contribution < -0.4 is 5.32 Å². The van der Waals surface area contributed by atoms with E-state index in [2.05, 4.69) is 17.4 Å². The molecule has 0 bridgehead atoms. The monoisotopic (exact) mass is 343 g/mol. The van der Waals surface area contributed by atoms with E-state index in [1.807, 2.05) is 0 Å². The highest BCUT2D eigenvalue weighted by molar-refractivity contribution is 5.89. The Morgan fingerprint density at radius 3 is 2.84 bits per heavy atom. The summed E-state index contributed by atoms with van der Waals surface area (Å²) in [5, 5.41) is 13.2. The van der Waals surface area contributed by atoms with Crippen molar-refractivity contribution in [3.8, 4) is 0 Å². The second kappa shape index (κ2) is 5.88. The number of carbonyl (C=O) groups excluding carboxylic acids is 1. The zero-order valence-electron chi connectivity index (χ0n) is 14.1. The molecule has 0 saturated carbocycles. The van der Waals surface area contributed by atoms with Gasteiger partial charge in [-0.2, -0.15) is 0 Å². The summed E-state index contributed by atoms with van der Waals surface area (Å²) in [5.41, 5.74) is 3.21. The van der Waals surface area contributed by atoms with Crippen LogP contribution in [0.25, 0.3) is 11.0 Å². The van der Waals surface area contributed by atoms with Crippen LogP contribution in [0.1, 0.15) is 30.0 Å². The first kappa shape index (κ1) is 16.1. The lowest BCUT2D eigenvalue weighted by Gasteiger charge is -2.25. The van der Waals surface area contributed by atoms with E-state index in [0.29, 0.717) is 0 Å². The molecule has 1 amide bonds. The summed E-state index contributed by atoms with van der Waals surface area (Å²) in [6.07, 6.45) is 5.10. The fourth-order valence-electron chi connectivity index (χ4n) is 3.79. The molecule has 2 unspecified atom stereocenters. The van der Waals surface area contributed by atoms with Crippen molar-refractivity contribution in [2.75, 3.05) is 13.2 Å². The smallest absolute Gasteiger partial charge is 0.313 e. The van der Waals surface area contributed by atoms with Crippen LogP contribution in [0.5, 0.6) is 0 Å². The minimum absolute atomic E-state index is 0.105. The van der Waals surface area contributed by atoms with Crippen LogP contribution in [0.3, 0.4) is 0 Å². The number of hydrogen-bond acceptors (Lipinski definition) is 4. The van der Waals surface area contributed by atoms with Crippen molar-refractivity contribution in [2.24, 2.45) is 5.41 Å². The minimum atomic E-state index is -1.09. The molecule has 0 spiro atoms. The molecule has 1 fully saturated rings. The number of nitrogens with one attached hydrogen (secondary N) is 1. The third-order valence-electron chi connectivity index (χ3n) is 5.50. The molecule has 2 heterocycles. The van der Waals surface area contributed by atoms with Crippen molar-refractivity contribution in [2.45, 2.75) is 38.6 Å². The highest BCUT2D eigenvalue weighted by Gasteiger charge is 2.47. The second-order valence-electron chi connectivity index (χ2n) is 7.27. The van der Waals surface area contributed by atoms with Gasteiger partial charge in [0.1, 0.15) is 11.0 Å². The fraction of sp³-hybridized carbons (Fsp3) is 0.474. The molecule has 1 aromatic heterocycles. The van der Waals surface area contributed by atoms with E-state index in [1.54, 1.807) is 13.2 Å².